The standard InChI is InChI=1S/C11H8F3I3O6S/c12-8(11(13,14)24(19,20)21)3-22-9(18)4-23-10-6(16)1-5(15)2-7(10)17/h1-2,8H,3-4H2,(H,19,20,21). The third-order valence-corrected chi connectivity index (χ3v) is 5.57. The zero-order valence-electron chi connectivity index (χ0n) is 11.3. The molecule has 136 valence electrons. The van der Waals surface area contributed by atoms with E-state index in [1.807, 2.05) is 45.2 Å². The fourth-order valence-corrected chi connectivity index (χ4v) is 5.55. The second-order valence-electron chi connectivity index (χ2n) is 4.17. The minimum Gasteiger partial charge on any atom is -0.480 e. The molecule has 24 heavy (non-hydrogen) atoms. The zero-order chi connectivity index (χ0) is 18.7. The van der Waals surface area contributed by atoms with Gasteiger partial charge in [-0.3, -0.25) is 4.55 Å². The van der Waals surface area contributed by atoms with Crippen LogP contribution in [0.15, 0.2) is 12.1 Å². The third kappa shape index (κ3) is 5.97. The summed E-state index contributed by atoms with van der Waals surface area (Å²) in [7, 11) is -5.95. The van der Waals surface area contributed by atoms with Crippen molar-refractivity contribution in [3.8, 4) is 5.75 Å². The summed E-state index contributed by atoms with van der Waals surface area (Å²) in [5.74, 6) is -0.803. The lowest BCUT2D eigenvalue weighted by Crippen LogP contribution is -2.41. The number of hydrogen-bond donors (Lipinski definition) is 1. The second kappa shape index (κ2) is 8.85. The maximum atomic E-state index is 13.2. The van der Waals surface area contributed by atoms with Crippen LogP contribution >= 0.6 is 67.8 Å². The predicted octanol–water partition coefficient (Wildman–Crippen LogP) is 3.24. The number of rotatable bonds is 7. The summed E-state index contributed by atoms with van der Waals surface area (Å²) in [5, 5.41) is -5.07. The average molecular weight is 706 g/mol. The quantitative estimate of drug-likeness (QED) is 0.267. The van der Waals surface area contributed by atoms with Gasteiger partial charge in [-0.25, -0.2) is 9.18 Å². The Bertz CT molecular complexity index is 705. The summed E-state index contributed by atoms with van der Waals surface area (Å²) in [6, 6.07) is 3.54. The fraction of sp³-hybridized carbons (Fsp3) is 0.364. The van der Waals surface area contributed by atoms with E-state index in [0.717, 1.165) is 3.57 Å². The molecule has 0 bridgehead atoms. The summed E-state index contributed by atoms with van der Waals surface area (Å²) < 4.78 is 79.7. The van der Waals surface area contributed by atoms with Crippen molar-refractivity contribution in [3.63, 3.8) is 0 Å². The molecule has 0 amide bonds. The summed E-state index contributed by atoms with van der Waals surface area (Å²) in [6.07, 6.45) is -3.41. The van der Waals surface area contributed by atoms with Gasteiger partial charge in [-0.15, -0.1) is 0 Å². The number of benzene rings is 1. The Hall–Kier alpha value is 0.380. The first-order valence-corrected chi connectivity index (χ1v) is 10.5. The van der Waals surface area contributed by atoms with Gasteiger partial charge in [0.1, 0.15) is 12.4 Å². The lowest BCUT2D eigenvalue weighted by Gasteiger charge is -2.17. The van der Waals surface area contributed by atoms with Gasteiger partial charge < -0.3 is 9.47 Å². The Kier molecular flexibility index (Phi) is 8.27. The molecule has 6 nitrogen and oxygen atoms in total. The first kappa shape index (κ1) is 22.4. The van der Waals surface area contributed by atoms with Crippen molar-refractivity contribution in [2.45, 2.75) is 11.4 Å². The molecule has 13 heteroatoms. The monoisotopic (exact) mass is 706 g/mol. The molecule has 1 atom stereocenters. The van der Waals surface area contributed by atoms with E-state index >= 15 is 0 Å². The summed E-state index contributed by atoms with van der Waals surface area (Å²) in [5.41, 5.74) is 0. The van der Waals surface area contributed by atoms with Crippen molar-refractivity contribution in [3.05, 3.63) is 22.8 Å². The Labute approximate surface area is 176 Å². The van der Waals surface area contributed by atoms with Crippen molar-refractivity contribution in [1.29, 1.82) is 0 Å². The van der Waals surface area contributed by atoms with Gasteiger partial charge in [-0.2, -0.15) is 17.2 Å². The van der Waals surface area contributed by atoms with E-state index in [1.54, 1.807) is 12.1 Å². The van der Waals surface area contributed by atoms with Crippen LogP contribution in [0.5, 0.6) is 5.75 Å². The molecule has 1 rings (SSSR count). The van der Waals surface area contributed by atoms with Crippen LogP contribution in [0, 0.1) is 10.7 Å². The van der Waals surface area contributed by atoms with Gasteiger partial charge in [-0.1, -0.05) is 0 Å². The van der Waals surface area contributed by atoms with Crippen LogP contribution in [0.2, 0.25) is 0 Å². The second-order valence-corrected chi connectivity index (χ2v) is 9.24. The Balaban J connectivity index is 2.60. The van der Waals surface area contributed by atoms with Crippen LogP contribution in [-0.2, 0) is 19.6 Å². The minimum atomic E-state index is -5.95. The molecule has 0 aliphatic rings. The largest absolute Gasteiger partial charge is 0.480 e. The number of halogens is 6. The lowest BCUT2D eigenvalue weighted by atomic mass is 10.3. The van der Waals surface area contributed by atoms with Crippen LogP contribution in [0.3, 0.4) is 0 Å². The first-order valence-electron chi connectivity index (χ1n) is 5.78. The van der Waals surface area contributed by atoms with Gasteiger partial charge in [-0.05, 0) is 79.9 Å². The van der Waals surface area contributed by atoms with E-state index in [4.69, 9.17) is 9.29 Å². The normalized spacial score (nSPS) is 13.5. The Morgan fingerprint density at radius 3 is 2.21 bits per heavy atom. The smallest absolute Gasteiger partial charge is 0.403 e. The van der Waals surface area contributed by atoms with Crippen molar-refractivity contribution in [1.82, 2.24) is 0 Å². The van der Waals surface area contributed by atoms with Crippen LogP contribution in [0.4, 0.5) is 13.2 Å². The third-order valence-electron chi connectivity index (χ3n) is 2.40. The lowest BCUT2D eigenvalue weighted by molar-refractivity contribution is -0.150. The number of alkyl halides is 3. The molecule has 0 saturated heterocycles. The molecule has 1 aromatic rings. The SMILES string of the molecule is O=C(COc1c(I)cc(I)cc1I)OCC(F)C(F)(F)S(=O)(=O)O. The molecule has 0 fully saturated rings. The van der Waals surface area contributed by atoms with E-state index in [-0.39, 0.29) is 0 Å². The molecule has 0 aliphatic heterocycles. The fourth-order valence-electron chi connectivity index (χ4n) is 1.26. The van der Waals surface area contributed by atoms with Gasteiger partial charge in [0.25, 0.3) is 0 Å². The molecular weight excluding hydrogens is 698 g/mol. The molecule has 0 saturated carbocycles. The van der Waals surface area contributed by atoms with Gasteiger partial charge >= 0.3 is 21.3 Å². The van der Waals surface area contributed by atoms with Crippen molar-refractivity contribution in [2.75, 3.05) is 13.2 Å². The zero-order valence-corrected chi connectivity index (χ0v) is 18.6. The van der Waals surface area contributed by atoms with Crippen molar-refractivity contribution in [2.24, 2.45) is 0 Å². The van der Waals surface area contributed by atoms with E-state index in [0.29, 0.717) is 12.9 Å². The molecule has 0 heterocycles. The molecule has 0 radical (unpaired) electrons. The van der Waals surface area contributed by atoms with Gasteiger partial charge in [0.05, 0.1) is 7.14 Å². The number of carbonyl (C=O) groups excluding carboxylic acids is 1. The van der Waals surface area contributed by atoms with E-state index < -0.39 is 40.7 Å². The maximum absolute atomic E-state index is 13.2. The molecule has 1 N–H and O–H groups in total. The Morgan fingerprint density at radius 1 is 1.25 bits per heavy atom. The van der Waals surface area contributed by atoms with Gasteiger partial charge in [0.15, 0.2) is 6.61 Å². The summed E-state index contributed by atoms with van der Waals surface area (Å²) >= 11 is 6.02. The van der Waals surface area contributed by atoms with E-state index in [9.17, 15) is 26.4 Å². The number of ether oxygens (including phenoxy) is 2. The van der Waals surface area contributed by atoms with Crippen LogP contribution in [0.25, 0.3) is 0 Å². The van der Waals surface area contributed by atoms with Gasteiger partial charge in [0.2, 0.25) is 6.17 Å². The first-order chi connectivity index (χ1) is 10.9. The molecule has 1 unspecified atom stereocenters. The van der Waals surface area contributed by atoms with E-state index in [1.165, 1.54) is 0 Å². The molecule has 1 aromatic carbocycles. The number of esters is 1. The number of hydrogen-bond acceptors (Lipinski definition) is 5. The van der Waals surface area contributed by atoms with Crippen LogP contribution < -0.4 is 4.74 Å². The highest BCUT2D eigenvalue weighted by Crippen LogP contribution is 2.30. The minimum absolute atomic E-state index is 0.369. The topological polar surface area (TPSA) is 89.9 Å². The van der Waals surface area contributed by atoms with Crippen LogP contribution in [-0.4, -0.2) is 43.6 Å². The van der Waals surface area contributed by atoms with Crippen molar-refractivity contribution < 1.29 is 40.4 Å². The van der Waals surface area contributed by atoms with Crippen LogP contribution in [0.1, 0.15) is 0 Å². The maximum Gasteiger partial charge on any atom is 0.403 e. The number of carbonyl (C=O) groups is 1. The van der Waals surface area contributed by atoms with Gasteiger partial charge in [0, 0.05) is 3.57 Å². The molecule has 0 aromatic heterocycles. The highest BCUT2D eigenvalue weighted by atomic mass is 127. The molecular formula is C11H8F3I3O6S. The average Bonchev–Trinajstić information content (AvgIpc) is 2.42. The molecule has 0 aliphatic carbocycles. The molecule has 0 spiro atoms. The highest BCUT2D eigenvalue weighted by molar-refractivity contribution is 14.1. The van der Waals surface area contributed by atoms with Crippen molar-refractivity contribution >= 4 is 83.9 Å². The summed E-state index contributed by atoms with van der Waals surface area (Å²) in [4.78, 5) is 11.4. The Morgan fingerprint density at radius 2 is 1.75 bits per heavy atom. The highest BCUT2D eigenvalue weighted by Gasteiger charge is 2.53. The summed E-state index contributed by atoms with van der Waals surface area (Å²) in [6.45, 7) is -2.23. The predicted molar refractivity (Wildman–Crippen MR) is 102 cm³/mol. The van der Waals surface area contributed by atoms with E-state index in [2.05, 4.69) is 27.3 Å².